The van der Waals surface area contributed by atoms with E-state index in [1.54, 1.807) is 0 Å². The zero-order chi connectivity index (χ0) is 14.4. The van der Waals surface area contributed by atoms with Crippen LogP contribution in [0.3, 0.4) is 0 Å². The molecule has 0 radical (unpaired) electrons. The van der Waals surface area contributed by atoms with Crippen LogP contribution in [-0.4, -0.2) is 22.9 Å². The molecule has 1 aromatic heterocycles. The largest absolute Gasteiger partial charge is 0.316 e. The van der Waals surface area contributed by atoms with Gasteiger partial charge in [0, 0.05) is 6.54 Å². The number of hydrogen-bond donors (Lipinski definition) is 1. The third-order valence-electron chi connectivity index (χ3n) is 3.68. The molecule has 0 spiro atoms. The molecule has 0 aliphatic rings. The van der Waals surface area contributed by atoms with Crippen molar-refractivity contribution in [2.75, 3.05) is 13.1 Å². The summed E-state index contributed by atoms with van der Waals surface area (Å²) in [6.07, 6.45) is 2.18. The van der Waals surface area contributed by atoms with Crippen LogP contribution in [0, 0.1) is 18.8 Å². The Morgan fingerprint density at radius 2 is 2.00 bits per heavy atom. The molecule has 1 rings (SSSR count). The van der Waals surface area contributed by atoms with Gasteiger partial charge in [-0.15, -0.1) is 0 Å². The summed E-state index contributed by atoms with van der Waals surface area (Å²) in [6.45, 7) is 13.9. The summed E-state index contributed by atoms with van der Waals surface area (Å²) in [5.74, 6) is 1.24. The molecule has 0 fully saturated rings. The van der Waals surface area contributed by atoms with Gasteiger partial charge in [-0.25, -0.2) is 0 Å². The number of rotatable bonds is 8. The van der Waals surface area contributed by atoms with E-state index in [0.717, 1.165) is 36.8 Å². The number of aryl methyl sites for hydroxylation is 2. The molecule has 0 saturated heterocycles. The van der Waals surface area contributed by atoms with Crippen molar-refractivity contribution in [2.45, 2.75) is 54.0 Å². The number of halogens is 1. The highest BCUT2D eigenvalue weighted by Gasteiger charge is 2.20. The molecule has 4 heteroatoms. The highest BCUT2D eigenvalue weighted by Crippen LogP contribution is 2.25. The Hall–Kier alpha value is -0.540. The molecule has 19 heavy (non-hydrogen) atoms. The molecule has 0 aliphatic carbocycles. The second-order valence-electron chi connectivity index (χ2n) is 5.57. The average Bonchev–Trinajstić information content (AvgIpc) is 2.64. The smallest absolute Gasteiger partial charge is 0.0847 e. The van der Waals surface area contributed by atoms with Crippen LogP contribution in [0.5, 0.6) is 0 Å². The fraction of sp³-hybridized carbons (Fsp3) is 0.800. The van der Waals surface area contributed by atoms with Gasteiger partial charge in [0.05, 0.1) is 16.4 Å². The molecule has 0 bridgehead atoms. The first kappa shape index (κ1) is 16.5. The molecule has 1 N–H and O–H groups in total. The summed E-state index contributed by atoms with van der Waals surface area (Å²) in [5, 5.41) is 8.88. The second kappa shape index (κ2) is 7.91. The molecule has 0 amide bonds. The van der Waals surface area contributed by atoms with Crippen LogP contribution in [0.2, 0.25) is 5.02 Å². The fourth-order valence-corrected chi connectivity index (χ4v) is 2.53. The minimum atomic E-state index is 0.602. The Morgan fingerprint density at radius 3 is 2.53 bits per heavy atom. The van der Waals surface area contributed by atoms with Crippen molar-refractivity contribution in [1.29, 1.82) is 0 Å². The van der Waals surface area contributed by atoms with E-state index in [4.69, 9.17) is 11.6 Å². The number of hydrogen-bond acceptors (Lipinski definition) is 2. The first-order chi connectivity index (χ1) is 9.01. The van der Waals surface area contributed by atoms with Gasteiger partial charge in [0.2, 0.25) is 0 Å². The summed E-state index contributed by atoms with van der Waals surface area (Å²) in [6, 6.07) is 0. The lowest BCUT2D eigenvalue weighted by Gasteiger charge is -2.22. The topological polar surface area (TPSA) is 29.9 Å². The third kappa shape index (κ3) is 4.50. The normalized spacial score (nSPS) is 13.2. The Balaban J connectivity index is 2.78. The van der Waals surface area contributed by atoms with E-state index in [-0.39, 0.29) is 0 Å². The van der Waals surface area contributed by atoms with Crippen molar-refractivity contribution in [3.8, 4) is 0 Å². The zero-order valence-electron chi connectivity index (χ0n) is 13.0. The van der Waals surface area contributed by atoms with E-state index in [2.05, 4.69) is 38.1 Å². The molecule has 1 unspecified atom stereocenters. The molecule has 0 saturated carbocycles. The number of nitrogens with zero attached hydrogens (tertiary/aromatic N) is 2. The highest BCUT2D eigenvalue weighted by molar-refractivity contribution is 6.31. The SMILES string of the molecule is CCCNCC(Cc1c(Cl)c(C)nn1CC)C(C)C. The van der Waals surface area contributed by atoms with Crippen molar-refractivity contribution >= 4 is 11.6 Å². The lowest BCUT2D eigenvalue weighted by atomic mass is 9.91. The Kier molecular flexibility index (Phi) is 6.87. The van der Waals surface area contributed by atoms with Crippen LogP contribution < -0.4 is 5.32 Å². The van der Waals surface area contributed by atoms with E-state index in [1.165, 1.54) is 12.1 Å². The highest BCUT2D eigenvalue weighted by atomic mass is 35.5. The van der Waals surface area contributed by atoms with E-state index in [9.17, 15) is 0 Å². The lowest BCUT2D eigenvalue weighted by molar-refractivity contribution is 0.352. The Morgan fingerprint density at radius 1 is 1.32 bits per heavy atom. The standard InChI is InChI=1S/C15H28ClN3/c1-6-8-17-10-13(11(3)4)9-14-15(16)12(5)18-19(14)7-2/h11,13,17H,6-10H2,1-5H3. The predicted molar refractivity (Wildman–Crippen MR) is 82.8 cm³/mol. The van der Waals surface area contributed by atoms with E-state index >= 15 is 0 Å². The molecule has 0 aromatic carbocycles. The minimum Gasteiger partial charge on any atom is -0.316 e. The van der Waals surface area contributed by atoms with Gasteiger partial charge in [0.1, 0.15) is 0 Å². The first-order valence-corrected chi connectivity index (χ1v) is 7.81. The number of nitrogens with one attached hydrogen (secondary N) is 1. The van der Waals surface area contributed by atoms with Gasteiger partial charge in [0.15, 0.2) is 0 Å². The summed E-state index contributed by atoms with van der Waals surface area (Å²) in [5.41, 5.74) is 2.14. The Labute approximate surface area is 122 Å². The van der Waals surface area contributed by atoms with Crippen molar-refractivity contribution in [2.24, 2.45) is 11.8 Å². The average molecular weight is 286 g/mol. The maximum absolute atomic E-state index is 6.40. The Bertz CT molecular complexity index is 385. The van der Waals surface area contributed by atoms with Gasteiger partial charge in [-0.3, -0.25) is 4.68 Å². The maximum atomic E-state index is 6.40. The number of aromatic nitrogens is 2. The van der Waals surface area contributed by atoms with E-state index in [1.807, 2.05) is 11.6 Å². The van der Waals surface area contributed by atoms with Gasteiger partial charge >= 0.3 is 0 Å². The molecule has 0 aliphatic heterocycles. The first-order valence-electron chi connectivity index (χ1n) is 7.43. The monoisotopic (exact) mass is 285 g/mol. The summed E-state index contributed by atoms with van der Waals surface area (Å²) in [4.78, 5) is 0. The van der Waals surface area contributed by atoms with Crippen LogP contribution in [0.25, 0.3) is 0 Å². The van der Waals surface area contributed by atoms with Crippen LogP contribution in [0.4, 0.5) is 0 Å². The van der Waals surface area contributed by atoms with Gasteiger partial charge in [-0.05, 0) is 51.6 Å². The van der Waals surface area contributed by atoms with Crippen LogP contribution in [0.15, 0.2) is 0 Å². The maximum Gasteiger partial charge on any atom is 0.0847 e. The minimum absolute atomic E-state index is 0.602. The van der Waals surface area contributed by atoms with Crippen LogP contribution in [0.1, 0.15) is 45.5 Å². The van der Waals surface area contributed by atoms with Crippen molar-refractivity contribution < 1.29 is 0 Å². The van der Waals surface area contributed by atoms with E-state index in [0.29, 0.717) is 11.8 Å². The van der Waals surface area contributed by atoms with Gasteiger partial charge in [0.25, 0.3) is 0 Å². The van der Waals surface area contributed by atoms with Crippen LogP contribution >= 0.6 is 11.6 Å². The quantitative estimate of drug-likeness (QED) is 0.739. The van der Waals surface area contributed by atoms with Crippen molar-refractivity contribution in [3.63, 3.8) is 0 Å². The van der Waals surface area contributed by atoms with Crippen molar-refractivity contribution in [1.82, 2.24) is 15.1 Å². The molecule has 1 heterocycles. The molecule has 110 valence electrons. The lowest BCUT2D eigenvalue weighted by Crippen LogP contribution is -2.29. The molecule has 1 aromatic rings. The summed E-state index contributed by atoms with van der Waals surface area (Å²) < 4.78 is 2.05. The van der Waals surface area contributed by atoms with Crippen LogP contribution in [-0.2, 0) is 13.0 Å². The van der Waals surface area contributed by atoms with E-state index < -0.39 is 0 Å². The van der Waals surface area contributed by atoms with Gasteiger partial charge in [-0.1, -0.05) is 32.4 Å². The third-order valence-corrected chi connectivity index (χ3v) is 4.18. The molecular weight excluding hydrogens is 258 g/mol. The van der Waals surface area contributed by atoms with Gasteiger partial charge in [-0.2, -0.15) is 5.10 Å². The summed E-state index contributed by atoms with van der Waals surface area (Å²) >= 11 is 6.40. The molecular formula is C15H28ClN3. The second-order valence-corrected chi connectivity index (χ2v) is 5.95. The van der Waals surface area contributed by atoms with Crippen molar-refractivity contribution in [3.05, 3.63) is 16.4 Å². The fourth-order valence-electron chi connectivity index (χ4n) is 2.32. The van der Waals surface area contributed by atoms with Gasteiger partial charge < -0.3 is 5.32 Å². The molecule has 1 atom stereocenters. The summed E-state index contributed by atoms with van der Waals surface area (Å²) in [7, 11) is 0. The molecule has 3 nitrogen and oxygen atoms in total. The zero-order valence-corrected chi connectivity index (χ0v) is 13.7. The predicted octanol–water partition coefficient (Wildman–Crippen LogP) is 3.68.